The van der Waals surface area contributed by atoms with Crippen LogP contribution in [0.25, 0.3) is 10.8 Å². The maximum absolute atomic E-state index is 12.1. The molecule has 0 radical (unpaired) electrons. The number of quaternary nitrogens is 1. The Kier molecular flexibility index (Phi) is 5.30. The summed E-state index contributed by atoms with van der Waals surface area (Å²) in [6.45, 7) is 0.914. The quantitative estimate of drug-likeness (QED) is 0.708. The standard InChI is InChI=1S/C17H16ClN3O2S/c1-21(10-16(22)20-14-6-3-2-5-13(14)18)9-12-11-23-17(19-12)15-7-4-8-24-15/h2-8,11H,9-10H2,1H3,(H,20,22)/p+1. The molecule has 124 valence electrons. The smallest absolute Gasteiger partial charge is 0.279 e. The van der Waals surface area contributed by atoms with Crippen LogP contribution in [0.5, 0.6) is 0 Å². The Morgan fingerprint density at radius 3 is 2.92 bits per heavy atom. The highest BCUT2D eigenvalue weighted by atomic mass is 35.5. The number of hydrogen-bond acceptors (Lipinski definition) is 4. The number of oxazole rings is 1. The molecule has 2 heterocycles. The molecule has 3 aromatic rings. The van der Waals surface area contributed by atoms with E-state index < -0.39 is 0 Å². The monoisotopic (exact) mass is 362 g/mol. The molecule has 2 N–H and O–H groups in total. The Balaban J connectivity index is 1.55. The summed E-state index contributed by atoms with van der Waals surface area (Å²) < 4.78 is 5.49. The average Bonchev–Trinajstić information content (AvgIpc) is 3.20. The van der Waals surface area contributed by atoms with E-state index in [0.717, 1.165) is 15.5 Å². The van der Waals surface area contributed by atoms with Gasteiger partial charge in [-0.1, -0.05) is 29.8 Å². The van der Waals surface area contributed by atoms with E-state index in [0.29, 0.717) is 29.7 Å². The zero-order valence-corrected chi connectivity index (χ0v) is 14.7. The molecule has 0 aliphatic rings. The number of nitrogens with zero attached hydrogens (tertiary/aromatic N) is 1. The number of halogens is 1. The molecular weight excluding hydrogens is 346 g/mol. The van der Waals surface area contributed by atoms with Crippen molar-refractivity contribution in [3.8, 4) is 10.8 Å². The summed E-state index contributed by atoms with van der Waals surface area (Å²) in [4.78, 5) is 18.6. The lowest BCUT2D eigenvalue weighted by Crippen LogP contribution is -3.08. The van der Waals surface area contributed by atoms with Crippen molar-refractivity contribution in [3.05, 3.63) is 58.8 Å². The van der Waals surface area contributed by atoms with Crippen LogP contribution >= 0.6 is 22.9 Å². The third-order valence-electron chi connectivity index (χ3n) is 3.38. The van der Waals surface area contributed by atoms with E-state index in [9.17, 15) is 4.79 Å². The van der Waals surface area contributed by atoms with Crippen molar-refractivity contribution >= 4 is 34.5 Å². The zero-order valence-electron chi connectivity index (χ0n) is 13.1. The molecule has 0 fully saturated rings. The number of aromatic nitrogens is 1. The molecule has 0 aliphatic heterocycles. The van der Waals surface area contributed by atoms with Gasteiger partial charge in [-0.2, -0.15) is 0 Å². The molecule has 0 bridgehead atoms. The maximum Gasteiger partial charge on any atom is 0.279 e. The Labute approximate surface area is 148 Å². The lowest BCUT2D eigenvalue weighted by Gasteiger charge is -2.12. The summed E-state index contributed by atoms with van der Waals surface area (Å²) in [6, 6.07) is 11.1. The first-order chi connectivity index (χ1) is 11.6. The molecule has 2 aromatic heterocycles. The van der Waals surface area contributed by atoms with Crippen molar-refractivity contribution in [1.82, 2.24) is 4.98 Å². The molecule has 1 unspecified atom stereocenters. The van der Waals surface area contributed by atoms with Crippen LogP contribution in [0.2, 0.25) is 5.02 Å². The molecule has 0 spiro atoms. The predicted octanol–water partition coefficient (Wildman–Crippen LogP) is 2.71. The van der Waals surface area contributed by atoms with Gasteiger partial charge in [0.15, 0.2) is 6.54 Å². The fourth-order valence-electron chi connectivity index (χ4n) is 2.30. The van der Waals surface area contributed by atoms with Gasteiger partial charge in [0.2, 0.25) is 5.89 Å². The van der Waals surface area contributed by atoms with E-state index in [-0.39, 0.29) is 5.91 Å². The zero-order chi connectivity index (χ0) is 16.9. The van der Waals surface area contributed by atoms with Gasteiger partial charge in [-0.3, -0.25) is 4.79 Å². The molecule has 1 amide bonds. The molecule has 1 atom stereocenters. The van der Waals surface area contributed by atoms with E-state index in [4.69, 9.17) is 16.0 Å². The van der Waals surface area contributed by atoms with Crippen molar-refractivity contribution in [2.24, 2.45) is 0 Å². The van der Waals surface area contributed by atoms with Crippen LogP contribution in [-0.4, -0.2) is 24.5 Å². The topological polar surface area (TPSA) is 59.6 Å². The fraction of sp³-hybridized carbons (Fsp3) is 0.176. The van der Waals surface area contributed by atoms with E-state index in [1.165, 1.54) is 0 Å². The molecular formula is C17H17ClN3O2S+. The summed E-state index contributed by atoms with van der Waals surface area (Å²) in [7, 11) is 1.94. The van der Waals surface area contributed by atoms with Gasteiger partial charge in [-0.25, -0.2) is 4.98 Å². The van der Waals surface area contributed by atoms with E-state index >= 15 is 0 Å². The second kappa shape index (κ2) is 7.61. The molecule has 5 nitrogen and oxygen atoms in total. The van der Waals surface area contributed by atoms with Crippen LogP contribution in [0.1, 0.15) is 5.69 Å². The highest BCUT2D eigenvalue weighted by Crippen LogP contribution is 2.23. The SMILES string of the molecule is C[NH+](CC(=O)Nc1ccccc1Cl)Cc1coc(-c2cccs2)n1. The molecule has 0 saturated carbocycles. The number of thiophene rings is 1. The summed E-state index contributed by atoms with van der Waals surface area (Å²) >= 11 is 7.63. The molecule has 24 heavy (non-hydrogen) atoms. The number of hydrogen-bond donors (Lipinski definition) is 2. The fourth-order valence-corrected chi connectivity index (χ4v) is 3.14. The normalized spacial score (nSPS) is 12.1. The molecule has 0 aliphatic carbocycles. The number of amides is 1. The minimum Gasteiger partial charge on any atom is -0.443 e. The first-order valence-corrected chi connectivity index (χ1v) is 8.71. The average molecular weight is 363 g/mol. The number of nitrogens with one attached hydrogen (secondary N) is 2. The van der Waals surface area contributed by atoms with Crippen LogP contribution in [0.15, 0.2) is 52.5 Å². The van der Waals surface area contributed by atoms with Crippen molar-refractivity contribution < 1.29 is 14.1 Å². The summed E-state index contributed by atoms with van der Waals surface area (Å²) in [5, 5.41) is 5.33. The molecule has 3 rings (SSSR count). The van der Waals surface area contributed by atoms with Crippen LogP contribution in [-0.2, 0) is 11.3 Å². The van der Waals surface area contributed by atoms with Gasteiger partial charge >= 0.3 is 0 Å². The lowest BCUT2D eigenvalue weighted by atomic mass is 10.3. The van der Waals surface area contributed by atoms with Crippen molar-refractivity contribution in [3.63, 3.8) is 0 Å². The molecule has 7 heteroatoms. The van der Waals surface area contributed by atoms with Crippen molar-refractivity contribution in [2.45, 2.75) is 6.54 Å². The van der Waals surface area contributed by atoms with Gasteiger partial charge in [-0.15, -0.1) is 11.3 Å². The van der Waals surface area contributed by atoms with Crippen LogP contribution in [0.4, 0.5) is 5.69 Å². The largest absolute Gasteiger partial charge is 0.443 e. The number of carbonyl (C=O) groups excluding carboxylic acids is 1. The summed E-state index contributed by atoms with van der Waals surface area (Å²) in [6.07, 6.45) is 1.64. The first kappa shape index (κ1) is 16.7. The first-order valence-electron chi connectivity index (χ1n) is 7.46. The second-order valence-electron chi connectivity index (χ2n) is 5.46. The van der Waals surface area contributed by atoms with Crippen LogP contribution < -0.4 is 10.2 Å². The van der Waals surface area contributed by atoms with Gasteiger partial charge in [0.05, 0.1) is 22.6 Å². The third-order valence-corrected chi connectivity index (χ3v) is 4.56. The predicted molar refractivity (Wildman–Crippen MR) is 95.4 cm³/mol. The summed E-state index contributed by atoms with van der Waals surface area (Å²) in [5.74, 6) is 0.524. The van der Waals surface area contributed by atoms with E-state index in [1.807, 2.05) is 36.7 Å². The van der Waals surface area contributed by atoms with E-state index in [2.05, 4.69) is 10.3 Å². The van der Waals surface area contributed by atoms with E-state index in [1.54, 1.807) is 29.7 Å². The number of carbonyl (C=O) groups is 1. The summed E-state index contributed by atoms with van der Waals surface area (Å²) in [5.41, 5.74) is 1.44. The number of benzene rings is 1. The lowest BCUT2D eigenvalue weighted by molar-refractivity contribution is -0.885. The highest BCUT2D eigenvalue weighted by Gasteiger charge is 2.15. The van der Waals surface area contributed by atoms with Gasteiger partial charge in [0.25, 0.3) is 5.91 Å². The molecule has 1 aromatic carbocycles. The minimum absolute atomic E-state index is 0.0948. The second-order valence-corrected chi connectivity index (χ2v) is 6.81. The number of para-hydroxylation sites is 1. The van der Waals surface area contributed by atoms with Crippen molar-refractivity contribution in [2.75, 3.05) is 18.9 Å². The third kappa shape index (κ3) is 4.23. The van der Waals surface area contributed by atoms with Gasteiger partial charge in [0.1, 0.15) is 18.5 Å². The molecule has 0 saturated heterocycles. The number of anilines is 1. The Bertz CT molecular complexity index is 817. The van der Waals surface area contributed by atoms with Gasteiger partial charge in [-0.05, 0) is 23.6 Å². The van der Waals surface area contributed by atoms with Gasteiger partial charge < -0.3 is 14.6 Å². The Morgan fingerprint density at radius 1 is 1.33 bits per heavy atom. The minimum atomic E-state index is -0.0948. The van der Waals surface area contributed by atoms with Crippen LogP contribution in [0, 0.1) is 0 Å². The number of rotatable bonds is 6. The number of likely N-dealkylation sites (N-methyl/N-ethyl adjacent to an activating group) is 1. The highest BCUT2D eigenvalue weighted by molar-refractivity contribution is 7.13. The van der Waals surface area contributed by atoms with Crippen LogP contribution in [0.3, 0.4) is 0 Å². The Morgan fingerprint density at radius 2 is 2.17 bits per heavy atom. The Hall–Kier alpha value is -2.15. The van der Waals surface area contributed by atoms with Gasteiger partial charge in [0, 0.05) is 0 Å². The van der Waals surface area contributed by atoms with Crippen molar-refractivity contribution in [1.29, 1.82) is 0 Å². The maximum atomic E-state index is 12.1.